The molecular formula is C15H13BrN2O. The monoisotopic (exact) mass is 316 g/mol. The van der Waals surface area contributed by atoms with E-state index in [1.165, 1.54) is 5.56 Å². The molecule has 0 N–H and O–H groups in total. The molecule has 0 spiro atoms. The summed E-state index contributed by atoms with van der Waals surface area (Å²) in [6, 6.07) is 12.2. The third-order valence-electron chi connectivity index (χ3n) is 3.08. The lowest BCUT2D eigenvalue weighted by Crippen LogP contribution is -1.92. The predicted octanol–water partition coefficient (Wildman–Crippen LogP) is 4.08. The van der Waals surface area contributed by atoms with Crippen molar-refractivity contribution in [1.29, 1.82) is 0 Å². The van der Waals surface area contributed by atoms with Gasteiger partial charge in [0.15, 0.2) is 0 Å². The average Bonchev–Trinajstić information content (AvgIpc) is 2.75. The Labute approximate surface area is 120 Å². The third-order valence-corrected chi connectivity index (χ3v) is 3.66. The first-order valence-corrected chi connectivity index (χ1v) is 6.77. The first-order valence-electron chi connectivity index (χ1n) is 5.97. The average molecular weight is 317 g/mol. The van der Waals surface area contributed by atoms with Crippen LogP contribution in [-0.2, 0) is 0 Å². The fraction of sp³-hybridized carbons (Fsp3) is 0.133. The number of benzene rings is 1. The molecule has 3 rings (SSSR count). The van der Waals surface area contributed by atoms with Gasteiger partial charge in [0.05, 0.1) is 18.8 Å². The molecule has 0 aliphatic heterocycles. The standard InChI is InChI=1S/C15H13BrN2O/c1-10-4-3-5-11(8-10)15-17-14(16)13-7-6-12(19-2)9-18(13)15/h3-9H,1-2H3. The summed E-state index contributed by atoms with van der Waals surface area (Å²) in [5, 5.41) is 0. The maximum Gasteiger partial charge on any atom is 0.146 e. The Kier molecular flexibility index (Phi) is 3.03. The van der Waals surface area contributed by atoms with Gasteiger partial charge in [-0.1, -0.05) is 23.8 Å². The molecule has 0 saturated heterocycles. The second kappa shape index (κ2) is 4.70. The summed E-state index contributed by atoms with van der Waals surface area (Å²) >= 11 is 3.51. The van der Waals surface area contributed by atoms with Gasteiger partial charge in [0.2, 0.25) is 0 Å². The van der Waals surface area contributed by atoms with E-state index in [1.807, 2.05) is 28.8 Å². The Balaban J connectivity index is 2.28. The van der Waals surface area contributed by atoms with Crippen molar-refractivity contribution in [2.75, 3.05) is 7.11 Å². The highest BCUT2D eigenvalue weighted by Crippen LogP contribution is 2.28. The number of fused-ring (bicyclic) bond motifs is 1. The SMILES string of the molecule is COc1ccc2c(Br)nc(-c3cccc(C)c3)n2c1. The molecule has 0 aliphatic carbocycles. The molecule has 0 fully saturated rings. The van der Waals surface area contributed by atoms with E-state index < -0.39 is 0 Å². The maximum absolute atomic E-state index is 5.28. The van der Waals surface area contributed by atoms with Crippen LogP contribution in [0.2, 0.25) is 0 Å². The quantitative estimate of drug-likeness (QED) is 0.712. The van der Waals surface area contributed by atoms with Crippen molar-refractivity contribution in [1.82, 2.24) is 9.38 Å². The van der Waals surface area contributed by atoms with Crippen LogP contribution in [0, 0.1) is 6.92 Å². The van der Waals surface area contributed by atoms with Gasteiger partial charge in [-0.25, -0.2) is 4.98 Å². The second-order valence-electron chi connectivity index (χ2n) is 4.42. The number of methoxy groups -OCH3 is 1. The molecule has 96 valence electrons. The predicted molar refractivity (Wildman–Crippen MR) is 79.6 cm³/mol. The molecule has 3 aromatic rings. The van der Waals surface area contributed by atoms with Crippen LogP contribution < -0.4 is 4.74 Å². The highest BCUT2D eigenvalue weighted by molar-refractivity contribution is 9.10. The van der Waals surface area contributed by atoms with E-state index in [9.17, 15) is 0 Å². The van der Waals surface area contributed by atoms with Gasteiger partial charge in [0.25, 0.3) is 0 Å². The molecule has 0 bridgehead atoms. The van der Waals surface area contributed by atoms with E-state index in [-0.39, 0.29) is 0 Å². The molecule has 0 aliphatic rings. The first-order chi connectivity index (χ1) is 9.19. The number of aryl methyl sites for hydroxylation is 1. The number of halogens is 1. The number of ether oxygens (including phenoxy) is 1. The number of pyridine rings is 1. The van der Waals surface area contributed by atoms with Crippen molar-refractivity contribution in [2.45, 2.75) is 6.92 Å². The number of hydrogen-bond donors (Lipinski definition) is 0. The van der Waals surface area contributed by atoms with E-state index in [1.54, 1.807) is 7.11 Å². The van der Waals surface area contributed by atoms with Crippen LogP contribution >= 0.6 is 15.9 Å². The Morgan fingerprint density at radius 3 is 2.79 bits per heavy atom. The third kappa shape index (κ3) is 2.12. The number of imidazole rings is 1. The molecule has 0 amide bonds. The lowest BCUT2D eigenvalue weighted by atomic mass is 10.1. The molecule has 1 aromatic carbocycles. The smallest absolute Gasteiger partial charge is 0.146 e. The van der Waals surface area contributed by atoms with Crippen LogP contribution in [0.4, 0.5) is 0 Å². The van der Waals surface area contributed by atoms with Gasteiger partial charge in [-0.3, -0.25) is 4.40 Å². The molecular weight excluding hydrogens is 304 g/mol. The number of nitrogens with zero attached hydrogens (tertiary/aromatic N) is 2. The molecule has 4 heteroatoms. The number of aromatic nitrogens is 2. The molecule has 2 heterocycles. The Morgan fingerprint density at radius 2 is 2.05 bits per heavy atom. The first kappa shape index (κ1) is 12.2. The van der Waals surface area contributed by atoms with E-state index in [0.29, 0.717) is 0 Å². The van der Waals surface area contributed by atoms with Crippen LogP contribution in [0.1, 0.15) is 5.56 Å². The van der Waals surface area contributed by atoms with Crippen molar-refractivity contribution in [3.8, 4) is 17.1 Å². The van der Waals surface area contributed by atoms with Gasteiger partial charge in [-0.2, -0.15) is 0 Å². The highest BCUT2D eigenvalue weighted by atomic mass is 79.9. The van der Waals surface area contributed by atoms with Crippen LogP contribution in [-0.4, -0.2) is 16.5 Å². The normalized spacial score (nSPS) is 10.9. The summed E-state index contributed by atoms with van der Waals surface area (Å²) in [5.74, 6) is 1.72. The van der Waals surface area contributed by atoms with E-state index in [4.69, 9.17) is 4.74 Å². The van der Waals surface area contributed by atoms with Crippen LogP contribution in [0.3, 0.4) is 0 Å². The molecule has 2 aromatic heterocycles. The fourth-order valence-electron chi connectivity index (χ4n) is 2.14. The summed E-state index contributed by atoms with van der Waals surface area (Å²) in [4.78, 5) is 4.60. The zero-order chi connectivity index (χ0) is 13.4. The van der Waals surface area contributed by atoms with E-state index >= 15 is 0 Å². The van der Waals surface area contributed by atoms with Crippen molar-refractivity contribution in [2.24, 2.45) is 0 Å². The van der Waals surface area contributed by atoms with Crippen molar-refractivity contribution in [3.63, 3.8) is 0 Å². The maximum atomic E-state index is 5.28. The minimum atomic E-state index is 0.811. The topological polar surface area (TPSA) is 26.5 Å². The Hall–Kier alpha value is -1.81. The minimum absolute atomic E-state index is 0.811. The van der Waals surface area contributed by atoms with E-state index in [2.05, 4.69) is 46.0 Å². The van der Waals surface area contributed by atoms with E-state index in [0.717, 1.165) is 27.3 Å². The highest BCUT2D eigenvalue weighted by Gasteiger charge is 2.11. The van der Waals surface area contributed by atoms with Gasteiger partial charge in [-0.05, 0) is 41.1 Å². The summed E-state index contributed by atoms with van der Waals surface area (Å²) in [6.45, 7) is 2.08. The number of rotatable bonds is 2. The van der Waals surface area contributed by atoms with Gasteiger partial charge in [0.1, 0.15) is 16.2 Å². The molecule has 0 saturated carbocycles. The molecule has 0 atom stereocenters. The number of hydrogen-bond acceptors (Lipinski definition) is 2. The van der Waals surface area contributed by atoms with Gasteiger partial charge in [0, 0.05) is 5.56 Å². The molecule has 0 radical (unpaired) electrons. The van der Waals surface area contributed by atoms with Crippen molar-refractivity contribution >= 4 is 21.4 Å². The molecule has 3 nitrogen and oxygen atoms in total. The van der Waals surface area contributed by atoms with Gasteiger partial charge in [-0.15, -0.1) is 0 Å². The van der Waals surface area contributed by atoms with Crippen LogP contribution in [0.15, 0.2) is 47.2 Å². The van der Waals surface area contributed by atoms with Gasteiger partial charge < -0.3 is 4.74 Å². The lowest BCUT2D eigenvalue weighted by Gasteiger charge is -2.04. The lowest BCUT2D eigenvalue weighted by molar-refractivity contribution is 0.412. The zero-order valence-corrected chi connectivity index (χ0v) is 12.3. The van der Waals surface area contributed by atoms with Gasteiger partial charge >= 0.3 is 0 Å². The summed E-state index contributed by atoms with van der Waals surface area (Å²) in [7, 11) is 1.67. The van der Waals surface area contributed by atoms with Crippen LogP contribution in [0.5, 0.6) is 5.75 Å². The van der Waals surface area contributed by atoms with Crippen molar-refractivity contribution < 1.29 is 4.74 Å². The Morgan fingerprint density at radius 1 is 1.21 bits per heavy atom. The fourth-order valence-corrected chi connectivity index (χ4v) is 2.63. The van der Waals surface area contributed by atoms with Crippen LogP contribution in [0.25, 0.3) is 16.9 Å². The second-order valence-corrected chi connectivity index (χ2v) is 5.17. The molecule has 0 unspecified atom stereocenters. The summed E-state index contributed by atoms with van der Waals surface area (Å²) in [6.07, 6.45) is 1.95. The summed E-state index contributed by atoms with van der Waals surface area (Å²) < 4.78 is 8.16. The summed E-state index contributed by atoms with van der Waals surface area (Å²) in [5.41, 5.74) is 3.33. The zero-order valence-electron chi connectivity index (χ0n) is 10.7. The Bertz CT molecular complexity index is 749. The minimum Gasteiger partial charge on any atom is -0.495 e. The molecule has 19 heavy (non-hydrogen) atoms. The largest absolute Gasteiger partial charge is 0.495 e. The van der Waals surface area contributed by atoms with Crippen molar-refractivity contribution in [3.05, 3.63) is 52.8 Å².